The molecular formula is C21H34N2. The number of rotatable bonds is 11. The summed E-state index contributed by atoms with van der Waals surface area (Å²) >= 11 is 0. The molecule has 0 saturated carbocycles. The van der Waals surface area contributed by atoms with Crippen molar-refractivity contribution in [3.63, 3.8) is 0 Å². The van der Waals surface area contributed by atoms with Crippen molar-refractivity contribution in [3.8, 4) is 0 Å². The van der Waals surface area contributed by atoms with Gasteiger partial charge in [-0.1, -0.05) is 76.5 Å². The Morgan fingerprint density at radius 3 is 2.04 bits per heavy atom. The number of hydrogen-bond donors (Lipinski definition) is 0. The molecule has 1 aliphatic rings. The van der Waals surface area contributed by atoms with Crippen LogP contribution in [0.1, 0.15) is 71.1 Å². The van der Waals surface area contributed by atoms with Gasteiger partial charge in [0.05, 0.1) is 0 Å². The quantitative estimate of drug-likeness (QED) is 0.451. The minimum absolute atomic E-state index is 0.488. The lowest BCUT2D eigenvalue weighted by atomic mass is 10.1. The molecule has 0 saturated heterocycles. The predicted octanol–water partition coefficient (Wildman–Crippen LogP) is 6.16. The summed E-state index contributed by atoms with van der Waals surface area (Å²) in [6, 6.07) is 10.7. The van der Waals surface area contributed by atoms with Crippen molar-refractivity contribution in [1.29, 1.82) is 0 Å². The van der Waals surface area contributed by atoms with Gasteiger partial charge in [0, 0.05) is 25.1 Å². The number of anilines is 1. The van der Waals surface area contributed by atoms with E-state index in [0.717, 1.165) is 0 Å². The van der Waals surface area contributed by atoms with Gasteiger partial charge >= 0.3 is 0 Å². The molecule has 0 amide bonds. The summed E-state index contributed by atoms with van der Waals surface area (Å²) in [6.07, 6.45) is 18.7. The Labute approximate surface area is 143 Å². The van der Waals surface area contributed by atoms with Gasteiger partial charge in [-0.3, -0.25) is 0 Å². The van der Waals surface area contributed by atoms with Gasteiger partial charge in [0.2, 0.25) is 0 Å². The van der Waals surface area contributed by atoms with Gasteiger partial charge < -0.3 is 9.80 Å². The first-order valence-electron chi connectivity index (χ1n) is 9.56. The third kappa shape index (κ3) is 5.93. The molecule has 0 aliphatic carbocycles. The molecule has 1 aromatic rings. The van der Waals surface area contributed by atoms with Crippen LogP contribution in [0, 0.1) is 0 Å². The molecule has 2 rings (SSSR count). The molecule has 1 unspecified atom stereocenters. The third-order valence-corrected chi connectivity index (χ3v) is 4.87. The minimum atomic E-state index is 0.488. The van der Waals surface area contributed by atoms with Gasteiger partial charge in [0.25, 0.3) is 0 Å². The van der Waals surface area contributed by atoms with Crippen LogP contribution in [0.3, 0.4) is 0 Å². The third-order valence-electron chi connectivity index (χ3n) is 4.87. The fourth-order valence-electron chi connectivity index (χ4n) is 3.41. The van der Waals surface area contributed by atoms with Crippen molar-refractivity contribution in [3.05, 3.63) is 42.7 Å². The van der Waals surface area contributed by atoms with Crippen LogP contribution in [-0.4, -0.2) is 18.1 Å². The zero-order valence-electron chi connectivity index (χ0n) is 15.1. The first kappa shape index (κ1) is 17.9. The van der Waals surface area contributed by atoms with Crippen LogP contribution in [0.5, 0.6) is 0 Å². The molecule has 2 heteroatoms. The maximum Gasteiger partial charge on any atom is 0.105 e. The van der Waals surface area contributed by atoms with Gasteiger partial charge in [-0.05, 0) is 25.0 Å². The molecule has 0 spiro atoms. The zero-order chi connectivity index (χ0) is 16.3. The first-order valence-corrected chi connectivity index (χ1v) is 9.56. The Morgan fingerprint density at radius 1 is 0.783 bits per heavy atom. The Hall–Kier alpha value is -1.44. The average Bonchev–Trinajstić information content (AvgIpc) is 2.95. The predicted molar refractivity (Wildman–Crippen MR) is 101 cm³/mol. The van der Waals surface area contributed by atoms with Crippen molar-refractivity contribution < 1.29 is 0 Å². The lowest BCUT2D eigenvalue weighted by Crippen LogP contribution is -2.36. The van der Waals surface area contributed by atoms with Crippen LogP contribution in [0.2, 0.25) is 0 Å². The molecule has 0 N–H and O–H groups in total. The van der Waals surface area contributed by atoms with Crippen molar-refractivity contribution in [2.45, 2.75) is 77.3 Å². The van der Waals surface area contributed by atoms with E-state index in [0.29, 0.717) is 6.17 Å². The second-order valence-corrected chi connectivity index (χ2v) is 6.80. The highest BCUT2D eigenvalue weighted by atomic mass is 15.4. The Morgan fingerprint density at radius 2 is 1.39 bits per heavy atom. The fraction of sp³-hybridized carbons (Fsp3) is 0.619. The largest absolute Gasteiger partial charge is 0.359 e. The molecular weight excluding hydrogens is 280 g/mol. The average molecular weight is 315 g/mol. The molecule has 23 heavy (non-hydrogen) atoms. The molecule has 128 valence electrons. The summed E-state index contributed by atoms with van der Waals surface area (Å²) in [5, 5.41) is 0. The number of para-hydroxylation sites is 1. The van der Waals surface area contributed by atoms with Crippen LogP contribution in [0.15, 0.2) is 42.7 Å². The summed E-state index contributed by atoms with van der Waals surface area (Å²) in [6.45, 7) is 2.29. The lowest BCUT2D eigenvalue weighted by molar-refractivity contribution is 0.329. The van der Waals surface area contributed by atoms with Crippen LogP contribution < -0.4 is 4.90 Å². The normalized spacial score (nSPS) is 17.2. The van der Waals surface area contributed by atoms with E-state index < -0.39 is 0 Å². The monoisotopic (exact) mass is 314 g/mol. The van der Waals surface area contributed by atoms with Gasteiger partial charge in [0.1, 0.15) is 6.17 Å². The molecule has 0 bridgehead atoms. The molecule has 0 radical (unpaired) electrons. The summed E-state index contributed by atoms with van der Waals surface area (Å²) < 4.78 is 0. The highest BCUT2D eigenvalue weighted by Crippen LogP contribution is 2.26. The van der Waals surface area contributed by atoms with Crippen molar-refractivity contribution in [2.24, 2.45) is 0 Å². The van der Waals surface area contributed by atoms with Gasteiger partial charge in [-0.25, -0.2) is 0 Å². The number of benzene rings is 1. The van der Waals surface area contributed by atoms with Crippen molar-refractivity contribution in [1.82, 2.24) is 4.90 Å². The molecule has 1 aromatic carbocycles. The van der Waals surface area contributed by atoms with Gasteiger partial charge in [-0.2, -0.15) is 0 Å². The Bertz CT molecular complexity index is 440. The van der Waals surface area contributed by atoms with E-state index >= 15 is 0 Å². The summed E-state index contributed by atoms with van der Waals surface area (Å²) in [4.78, 5) is 4.75. The SMILES string of the molecule is CCCCCCCCCCCC1N(C)C=CN1c1ccccc1. The molecule has 0 aromatic heterocycles. The number of hydrogen-bond acceptors (Lipinski definition) is 2. The standard InChI is InChI=1S/C21H34N2/c1-3-4-5-6-7-8-9-10-14-17-21-22(2)18-19-23(21)20-15-12-11-13-16-20/h11-13,15-16,18-19,21H,3-10,14,17H2,1-2H3. The van der Waals surface area contributed by atoms with E-state index in [4.69, 9.17) is 0 Å². The molecule has 0 fully saturated rings. The first-order chi connectivity index (χ1) is 11.3. The topological polar surface area (TPSA) is 6.48 Å². The van der Waals surface area contributed by atoms with E-state index in [9.17, 15) is 0 Å². The lowest BCUT2D eigenvalue weighted by Gasteiger charge is -2.30. The molecule has 1 aliphatic heterocycles. The maximum absolute atomic E-state index is 2.41. The van der Waals surface area contributed by atoms with Crippen LogP contribution >= 0.6 is 0 Å². The van der Waals surface area contributed by atoms with E-state index in [1.807, 2.05) is 0 Å². The summed E-state index contributed by atoms with van der Waals surface area (Å²) in [5.74, 6) is 0. The zero-order valence-corrected chi connectivity index (χ0v) is 15.1. The Kier molecular flexibility index (Phi) is 8.06. The van der Waals surface area contributed by atoms with Crippen molar-refractivity contribution in [2.75, 3.05) is 11.9 Å². The summed E-state index contributed by atoms with van der Waals surface area (Å²) in [5.41, 5.74) is 1.30. The van der Waals surface area contributed by atoms with Crippen molar-refractivity contribution >= 4 is 5.69 Å². The van der Waals surface area contributed by atoms with Gasteiger partial charge in [-0.15, -0.1) is 0 Å². The Balaban J connectivity index is 1.62. The second kappa shape index (κ2) is 10.4. The highest BCUT2D eigenvalue weighted by Gasteiger charge is 2.23. The fourth-order valence-corrected chi connectivity index (χ4v) is 3.41. The summed E-state index contributed by atoms with van der Waals surface area (Å²) in [7, 11) is 2.19. The van der Waals surface area contributed by atoms with Crippen LogP contribution in [-0.2, 0) is 0 Å². The van der Waals surface area contributed by atoms with E-state index in [1.54, 1.807) is 0 Å². The smallest absolute Gasteiger partial charge is 0.105 e. The maximum atomic E-state index is 2.41. The second-order valence-electron chi connectivity index (χ2n) is 6.80. The minimum Gasteiger partial charge on any atom is -0.359 e. The van der Waals surface area contributed by atoms with E-state index in [1.165, 1.54) is 69.9 Å². The molecule has 1 atom stereocenters. The molecule has 1 heterocycles. The number of nitrogens with zero attached hydrogens (tertiary/aromatic N) is 2. The van der Waals surface area contributed by atoms with Crippen LogP contribution in [0.4, 0.5) is 5.69 Å². The molecule has 2 nitrogen and oxygen atoms in total. The highest BCUT2D eigenvalue weighted by molar-refractivity contribution is 5.51. The number of unbranched alkanes of at least 4 members (excludes halogenated alkanes) is 8. The van der Waals surface area contributed by atoms with E-state index in [-0.39, 0.29) is 0 Å². The van der Waals surface area contributed by atoms with Gasteiger partial charge in [0.15, 0.2) is 0 Å². The van der Waals surface area contributed by atoms with Crippen LogP contribution in [0.25, 0.3) is 0 Å². The van der Waals surface area contributed by atoms with E-state index in [2.05, 4.69) is 66.5 Å².